The molecule has 0 radical (unpaired) electrons. The molecule has 1 rings (SSSR count). The maximum Gasteiger partial charge on any atom is 0.403 e. The van der Waals surface area contributed by atoms with Crippen LogP contribution in [0.2, 0.25) is 0 Å². The maximum atomic E-state index is 12.5. The third-order valence-electron chi connectivity index (χ3n) is 2.99. The van der Waals surface area contributed by atoms with Crippen LogP contribution >= 0.6 is 0 Å². The number of hydrogen-bond acceptors (Lipinski definition) is 5. The van der Waals surface area contributed by atoms with E-state index in [-0.39, 0.29) is 17.1 Å². The number of aliphatic hydroxyl groups is 1. The first kappa shape index (κ1) is 17.4. The fourth-order valence-corrected chi connectivity index (χ4v) is 1.81. The highest BCUT2D eigenvalue weighted by molar-refractivity contribution is 5.51. The molecule has 0 saturated heterocycles. The lowest BCUT2D eigenvalue weighted by atomic mass is 10.0. The highest BCUT2D eigenvalue weighted by Crippen LogP contribution is 2.39. The smallest absolute Gasteiger partial charge is 0.403 e. The molecule has 0 heterocycles. The highest BCUT2D eigenvalue weighted by atomic mass is 19.4. The molecule has 5 nitrogen and oxygen atoms in total. The number of methoxy groups -OCH3 is 3. The summed E-state index contributed by atoms with van der Waals surface area (Å²) in [5.74, 6) is 0.799. The monoisotopic (exact) mass is 309 g/mol. The molecular weight excluding hydrogens is 291 g/mol. The minimum Gasteiger partial charge on any atom is -0.496 e. The van der Waals surface area contributed by atoms with E-state index < -0.39 is 24.7 Å². The second-order valence-electron chi connectivity index (χ2n) is 4.35. The Labute approximate surface area is 120 Å². The van der Waals surface area contributed by atoms with Crippen molar-refractivity contribution >= 4 is 0 Å². The fourth-order valence-electron chi connectivity index (χ4n) is 1.81. The van der Waals surface area contributed by atoms with Crippen molar-refractivity contribution in [2.75, 3.05) is 21.3 Å². The number of hydrogen-bond donors (Lipinski definition) is 2. The van der Waals surface area contributed by atoms with Gasteiger partial charge in [0.15, 0.2) is 11.5 Å². The van der Waals surface area contributed by atoms with Crippen LogP contribution in [0.1, 0.15) is 18.1 Å². The van der Waals surface area contributed by atoms with E-state index in [0.29, 0.717) is 5.75 Å². The SMILES string of the molecule is COc1cc(OC)c([C@@H](O)C[C@@H](N)C(F)(F)F)cc1OC. The molecule has 0 aliphatic carbocycles. The number of halogens is 3. The lowest BCUT2D eigenvalue weighted by Gasteiger charge is -2.21. The van der Waals surface area contributed by atoms with Crippen LogP contribution in [-0.4, -0.2) is 38.7 Å². The van der Waals surface area contributed by atoms with E-state index >= 15 is 0 Å². The molecule has 120 valence electrons. The number of benzene rings is 1. The van der Waals surface area contributed by atoms with Crippen molar-refractivity contribution in [2.24, 2.45) is 5.73 Å². The largest absolute Gasteiger partial charge is 0.496 e. The molecule has 1 aromatic rings. The number of ether oxygens (including phenoxy) is 3. The van der Waals surface area contributed by atoms with Gasteiger partial charge in [0.05, 0.1) is 27.4 Å². The van der Waals surface area contributed by atoms with Gasteiger partial charge in [0.2, 0.25) is 0 Å². The van der Waals surface area contributed by atoms with E-state index in [2.05, 4.69) is 0 Å². The summed E-state index contributed by atoms with van der Waals surface area (Å²) in [4.78, 5) is 0. The second kappa shape index (κ2) is 6.86. The summed E-state index contributed by atoms with van der Waals surface area (Å²) in [6.45, 7) is 0. The van der Waals surface area contributed by atoms with Crippen molar-refractivity contribution in [3.63, 3.8) is 0 Å². The van der Waals surface area contributed by atoms with E-state index in [0.717, 1.165) is 0 Å². The molecule has 1 aromatic carbocycles. The number of rotatable bonds is 6. The van der Waals surface area contributed by atoms with Gasteiger partial charge >= 0.3 is 6.18 Å². The van der Waals surface area contributed by atoms with Gasteiger partial charge in [-0.25, -0.2) is 0 Å². The van der Waals surface area contributed by atoms with E-state index in [9.17, 15) is 18.3 Å². The van der Waals surface area contributed by atoms with Crippen molar-refractivity contribution < 1.29 is 32.5 Å². The first-order valence-corrected chi connectivity index (χ1v) is 6.04. The summed E-state index contributed by atoms with van der Waals surface area (Å²) in [6.07, 6.45) is -6.71. The topological polar surface area (TPSA) is 73.9 Å². The lowest BCUT2D eigenvalue weighted by Crippen LogP contribution is -2.38. The van der Waals surface area contributed by atoms with Crippen molar-refractivity contribution in [3.8, 4) is 17.2 Å². The standard InChI is InChI=1S/C13H18F3NO4/c1-19-9-6-11(21-3)10(20-2)4-7(9)8(18)5-12(17)13(14,15)16/h4,6,8,12,18H,5,17H2,1-3H3/t8-,12+/m0/s1. The second-order valence-corrected chi connectivity index (χ2v) is 4.35. The Bertz CT molecular complexity index is 479. The molecule has 21 heavy (non-hydrogen) atoms. The molecule has 3 N–H and O–H groups in total. The average Bonchev–Trinajstić information content (AvgIpc) is 2.44. The fraction of sp³-hybridized carbons (Fsp3) is 0.538. The van der Waals surface area contributed by atoms with Crippen LogP contribution in [0.3, 0.4) is 0 Å². The summed E-state index contributed by atoms with van der Waals surface area (Å²) in [5, 5.41) is 9.99. The third-order valence-corrected chi connectivity index (χ3v) is 2.99. The molecule has 2 atom stereocenters. The zero-order valence-corrected chi connectivity index (χ0v) is 11.9. The van der Waals surface area contributed by atoms with Crippen LogP contribution in [0.4, 0.5) is 13.2 Å². The lowest BCUT2D eigenvalue weighted by molar-refractivity contribution is -0.153. The van der Waals surface area contributed by atoms with Gasteiger partial charge in [-0.15, -0.1) is 0 Å². The summed E-state index contributed by atoms with van der Waals surface area (Å²) < 4.78 is 52.5. The highest BCUT2D eigenvalue weighted by Gasteiger charge is 2.38. The quantitative estimate of drug-likeness (QED) is 0.841. The van der Waals surface area contributed by atoms with Gasteiger partial charge in [0.1, 0.15) is 11.8 Å². The first-order valence-electron chi connectivity index (χ1n) is 6.04. The molecular formula is C13H18F3NO4. The van der Waals surface area contributed by atoms with E-state index in [4.69, 9.17) is 19.9 Å². The Hall–Kier alpha value is -1.67. The van der Waals surface area contributed by atoms with Crippen molar-refractivity contribution in [1.29, 1.82) is 0 Å². The predicted molar refractivity (Wildman–Crippen MR) is 69.7 cm³/mol. The van der Waals surface area contributed by atoms with Crippen LogP contribution in [0.5, 0.6) is 17.2 Å². The zero-order chi connectivity index (χ0) is 16.2. The van der Waals surface area contributed by atoms with Gasteiger partial charge in [-0.05, 0) is 6.07 Å². The molecule has 0 spiro atoms. The van der Waals surface area contributed by atoms with Crippen LogP contribution in [0.15, 0.2) is 12.1 Å². The number of alkyl halides is 3. The van der Waals surface area contributed by atoms with Gasteiger partial charge < -0.3 is 25.1 Å². The molecule has 0 aliphatic heterocycles. The first-order chi connectivity index (χ1) is 9.74. The summed E-state index contributed by atoms with van der Waals surface area (Å²) >= 11 is 0. The minimum atomic E-state index is -4.58. The molecule has 0 aliphatic rings. The van der Waals surface area contributed by atoms with E-state index in [1.54, 1.807) is 0 Å². The van der Waals surface area contributed by atoms with Gasteiger partial charge in [-0.3, -0.25) is 0 Å². The Morgan fingerprint density at radius 2 is 1.52 bits per heavy atom. The van der Waals surface area contributed by atoms with Gasteiger partial charge in [0, 0.05) is 18.1 Å². The Morgan fingerprint density at radius 1 is 1.05 bits per heavy atom. The average molecular weight is 309 g/mol. The summed E-state index contributed by atoms with van der Waals surface area (Å²) in [7, 11) is 4.12. The van der Waals surface area contributed by atoms with Crippen molar-refractivity contribution in [3.05, 3.63) is 17.7 Å². The molecule has 8 heteroatoms. The molecule has 0 fully saturated rings. The van der Waals surface area contributed by atoms with Gasteiger partial charge in [-0.2, -0.15) is 13.2 Å². The molecule has 0 unspecified atom stereocenters. The minimum absolute atomic E-state index is 0.148. The van der Waals surface area contributed by atoms with Crippen molar-refractivity contribution in [1.82, 2.24) is 0 Å². The van der Waals surface area contributed by atoms with Gasteiger partial charge in [0.25, 0.3) is 0 Å². The Kier molecular flexibility index (Phi) is 5.68. The number of aliphatic hydroxyl groups excluding tert-OH is 1. The Balaban J connectivity index is 3.10. The molecule has 0 amide bonds. The van der Waals surface area contributed by atoms with E-state index in [1.165, 1.54) is 33.5 Å². The van der Waals surface area contributed by atoms with Crippen LogP contribution in [0, 0.1) is 0 Å². The maximum absolute atomic E-state index is 12.5. The van der Waals surface area contributed by atoms with Gasteiger partial charge in [-0.1, -0.05) is 0 Å². The predicted octanol–water partition coefficient (Wildman–Crippen LogP) is 2.03. The number of nitrogens with two attached hydrogens (primary N) is 1. The van der Waals surface area contributed by atoms with Crippen LogP contribution in [-0.2, 0) is 0 Å². The van der Waals surface area contributed by atoms with Crippen molar-refractivity contribution in [2.45, 2.75) is 24.7 Å². The zero-order valence-electron chi connectivity index (χ0n) is 11.9. The summed E-state index contributed by atoms with van der Waals surface area (Å²) in [6, 6.07) is 0.660. The normalized spacial score (nSPS) is 14.5. The van der Waals surface area contributed by atoms with E-state index in [1.807, 2.05) is 0 Å². The molecule has 0 saturated carbocycles. The molecule has 0 bridgehead atoms. The van der Waals surface area contributed by atoms with Crippen LogP contribution in [0.25, 0.3) is 0 Å². The Morgan fingerprint density at radius 3 is 1.95 bits per heavy atom. The summed E-state index contributed by atoms with van der Waals surface area (Å²) in [5.41, 5.74) is 5.17. The molecule has 0 aromatic heterocycles. The third kappa shape index (κ3) is 4.15. The van der Waals surface area contributed by atoms with Crippen LogP contribution < -0.4 is 19.9 Å².